The molecule has 0 bridgehead atoms. The summed E-state index contributed by atoms with van der Waals surface area (Å²) in [6, 6.07) is 0. The smallest absolute Gasteiger partial charge is 0.305 e. The van der Waals surface area contributed by atoms with Crippen LogP contribution in [0.3, 0.4) is 0 Å². The molecule has 0 aromatic heterocycles. The van der Waals surface area contributed by atoms with Gasteiger partial charge < -0.3 is 19.7 Å². The third-order valence-electron chi connectivity index (χ3n) is 7.08. The van der Waals surface area contributed by atoms with Crippen molar-refractivity contribution in [3.63, 3.8) is 0 Å². The Bertz CT molecular complexity index is 767. The summed E-state index contributed by atoms with van der Waals surface area (Å²) < 4.78 is 10.2. The third-order valence-corrected chi connectivity index (χ3v) is 7.08. The molecule has 248 valence electrons. The van der Waals surface area contributed by atoms with Gasteiger partial charge in [-0.05, 0) is 50.9 Å². The maximum absolute atomic E-state index is 11.9. The second-order valence-corrected chi connectivity index (χ2v) is 12.0. The van der Waals surface area contributed by atoms with Gasteiger partial charge in [0.2, 0.25) is 0 Å². The number of aliphatic hydroxyl groups excluding tert-OH is 2. The molecule has 0 aromatic carbocycles. The molecule has 0 unspecified atom stereocenters. The Morgan fingerprint density at radius 1 is 0.651 bits per heavy atom. The zero-order valence-corrected chi connectivity index (χ0v) is 27.7. The number of unbranched alkanes of at least 4 members (excludes halogenated alkanes) is 11. The van der Waals surface area contributed by atoms with E-state index in [2.05, 4.69) is 26.8 Å². The standard InChI is InChI=1S/C37H64O6/c1-4-5-6-7-17-22-27-34(38)28-23-18-13-9-11-15-20-25-30-37(41)43-32-35(39)31-42-36(40)29-24-19-14-10-8-12-16-21-26-33(2)3/h11,13,15,17-18,22-23,28,33-35,38-39H,4-10,12,14,16,19-21,24-27,29-32H2,1-3H3/b15-11-,18-13-,22-17-,28-23+/t34-,35+/m1/s1. The fourth-order valence-corrected chi connectivity index (χ4v) is 4.40. The predicted octanol–water partition coefficient (Wildman–Crippen LogP) is 9.11. The molecule has 0 aliphatic heterocycles. The van der Waals surface area contributed by atoms with E-state index in [4.69, 9.17) is 9.47 Å². The van der Waals surface area contributed by atoms with E-state index < -0.39 is 12.2 Å². The van der Waals surface area contributed by atoms with Gasteiger partial charge in [-0.15, -0.1) is 0 Å². The van der Waals surface area contributed by atoms with Crippen molar-refractivity contribution in [3.05, 3.63) is 48.6 Å². The van der Waals surface area contributed by atoms with Gasteiger partial charge in [0.15, 0.2) is 0 Å². The zero-order valence-electron chi connectivity index (χ0n) is 27.7. The highest BCUT2D eigenvalue weighted by Gasteiger charge is 2.12. The number of esters is 2. The summed E-state index contributed by atoms with van der Waals surface area (Å²) in [5, 5.41) is 19.9. The molecule has 0 aromatic rings. The van der Waals surface area contributed by atoms with E-state index in [1.165, 1.54) is 57.8 Å². The number of carbonyl (C=O) groups excluding carboxylic acids is 2. The molecule has 0 aliphatic rings. The first kappa shape index (κ1) is 40.8. The molecule has 6 heteroatoms. The van der Waals surface area contributed by atoms with Crippen LogP contribution in [0.15, 0.2) is 48.6 Å². The molecule has 0 heterocycles. The van der Waals surface area contributed by atoms with E-state index in [0.717, 1.165) is 44.4 Å². The van der Waals surface area contributed by atoms with Crippen molar-refractivity contribution in [2.24, 2.45) is 5.92 Å². The van der Waals surface area contributed by atoms with Crippen molar-refractivity contribution >= 4 is 11.9 Å². The Labute approximate surface area is 263 Å². The van der Waals surface area contributed by atoms with Gasteiger partial charge in [0, 0.05) is 12.8 Å². The number of allylic oxidation sites excluding steroid dienone is 6. The van der Waals surface area contributed by atoms with Crippen LogP contribution in [0.25, 0.3) is 0 Å². The van der Waals surface area contributed by atoms with Crippen LogP contribution in [-0.4, -0.2) is 47.6 Å². The van der Waals surface area contributed by atoms with E-state index in [1.807, 2.05) is 36.5 Å². The molecule has 0 saturated carbocycles. The van der Waals surface area contributed by atoms with Crippen molar-refractivity contribution in [1.29, 1.82) is 0 Å². The molecule has 0 amide bonds. The average Bonchev–Trinajstić information content (AvgIpc) is 2.98. The summed E-state index contributed by atoms with van der Waals surface area (Å²) >= 11 is 0. The number of hydrogen-bond acceptors (Lipinski definition) is 6. The summed E-state index contributed by atoms with van der Waals surface area (Å²) in [6.07, 6.45) is 33.4. The van der Waals surface area contributed by atoms with Crippen LogP contribution in [0.2, 0.25) is 0 Å². The Kier molecular flexibility index (Phi) is 29.7. The Morgan fingerprint density at radius 2 is 1.23 bits per heavy atom. The first-order valence-electron chi connectivity index (χ1n) is 17.2. The summed E-state index contributed by atoms with van der Waals surface area (Å²) in [6.45, 7) is 6.42. The highest BCUT2D eigenvalue weighted by molar-refractivity contribution is 5.69. The van der Waals surface area contributed by atoms with Crippen LogP contribution in [0.1, 0.15) is 143 Å². The number of rotatable bonds is 29. The minimum atomic E-state index is -1.00. The van der Waals surface area contributed by atoms with E-state index in [-0.39, 0.29) is 31.6 Å². The van der Waals surface area contributed by atoms with E-state index in [9.17, 15) is 19.8 Å². The molecule has 0 aliphatic carbocycles. The van der Waals surface area contributed by atoms with Gasteiger partial charge in [-0.3, -0.25) is 9.59 Å². The minimum Gasteiger partial charge on any atom is -0.463 e. The molecular weight excluding hydrogens is 540 g/mol. The second-order valence-electron chi connectivity index (χ2n) is 12.0. The SMILES string of the molecule is CCCCC/C=C\C[C@@H](O)/C=C/C=C\C/C=C\CCCC(=O)OC[C@@H](O)COC(=O)CCCCCCCCCCC(C)C. The first-order valence-corrected chi connectivity index (χ1v) is 17.2. The van der Waals surface area contributed by atoms with Crippen molar-refractivity contribution in [3.8, 4) is 0 Å². The molecule has 0 spiro atoms. The quantitative estimate of drug-likeness (QED) is 0.0383. The van der Waals surface area contributed by atoms with Crippen LogP contribution >= 0.6 is 0 Å². The largest absolute Gasteiger partial charge is 0.463 e. The third kappa shape index (κ3) is 32.6. The minimum absolute atomic E-state index is 0.150. The van der Waals surface area contributed by atoms with Crippen LogP contribution in [0.4, 0.5) is 0 Å². The topological polar surface area (TPSA) is 93.1 Å². The molecule has 0 saturated heterocycles. The number of hydrogen-bond donors (Lipinski definition) is 2. The average molecular weight is 605 g/mol. The molecule has 6 nitrogen and oxygen atoms in total. The summed E-state index contributed by atoms with van der Waals surface area (Å²) in [5.74, 6) is 0.126. The lowest BCUT2D eigenvalue weighted by atomic mass is 10.0. The summed E-state index contributed by atoms with van der Waals surface area (Å²) in [7, 11) is 0. The van der Waals surface area contributed by atoms with Gasteiger partial charge >= 0.3 is 11.9 Å². The van der Waals surface area contributed by atoms with Crippen molar-refractivity contribution in [2.45, 2.75) is 155 Å². The Balaban J connectivity index is 3.66. The monoisotopic (exact) mass is 604 g/mol. The number of ether oxygens (including phenoxy) is 2. The van der Waals surface area contributed by atoms with Gasteiger partial charge in [-0.2, -0.15) is 0 Å². The highest BCUT2D eigenvalue weighted by Crippen LogP contribution is 2.13. The molecule has 43 heavy (non-hydrogen) atoms. The van der Waals surface area contributed by atoms with E-state index in [1.54, 1.807) is 6.08 Å². The first-order chi connectivity index (χ1) is 20.8. The van der Waals surface area contributed by atoms with Gasteiger partial charge in [0.05, 0.1) is 6.10 Å². The summed E-state index contributed by atoms with van der Waals surface area (Å²) in [4.78, 5) is 23.8. The number of carbonyl (C=O) groups is 2. The lowest BCUT2D eigenvalue weighted by molar-refractivity contribution is -0.152. The van der Waals surface area contributed by atoms with Crippen LogP contribution in [0.5, 0.6) is 0 Å². The molecule has 2 N–H and O–H groups in total. The zero-order chi connectivity index (χ0) is 31.8. The van der Waals surface area contributed by atoms with Crippen LogP contribution in [-0.2, 0) is 19.1 Å². The maximum Gasteiger partial charge on any atom is 0.305 e. The van der Waals surface area contributed by atoms with E-state index >= 15 is 0 Å². The Hall–Kier alpha value is -2.18. The lowest BCUT2D eigenvalue weighted by Crippen LogP contribution is -2.25. The second kappa shape index (κ2) is 31.3. The van der Waals surface area contributed by atoms with Crippen molar-refractivity contribution in [1.82, 2.24) is 0 Å². The molecule has 2 atom stereocenters. The molecule has 0 radical (unpaired) electrons. The van der Waals surface area contributed by atoms with Crippen LogP contribution < -0.4 is 0 Å². The van der Waals surface area contributed by atoms with E-state index in [0.29, 0.717) is 19.3 Å². The van der Waals surface area contributed by atoms with Crippen molar-refractivity contribution < 1.29 is 29.3 Å². The fraction of sp³-hybridized carbons (Fsp3) is 0.730. The lowest BCUT2D eigenvalue weighted by Gasteiger charge is -2.12. The van der Waals surface area contributed by atoms with Gasteiger partial charge in [-0.1, -0.05) is 134 Å². The molecular formula is C37H64O6. The number of aliphatic hydroxyl groups is 2. The molecule has 0 rings (SSSR count). The van der Waals surface area contributed by atoms with Gasteiger partial charge in [0.25, 0.3) is 0 Å². The predicted molar refractivity (Wildman–Crippen MR) is 179 cm³/mol. The molecule has 0 fully saturated rings. The van der Waals surface area contributed by atoms with Crippen LogP contribution in [0, 0.1) is 5.92 Å². The highest BCUT2D eigenvalue weighted by atomic mass is 16.6. The Morgan fingerprint density at radius 3 is 1.88 bits per heavy atom. The summed E-state index contributed by atoms with van der Waals surface area (Å²) in [5.41, 5.74) is 0. The fourth-order valence-electron chi connectivity index (χ4n) is 4.40. The van der Waals surface area contributed by atoms with Gasteiger partial charge in [0.1, 0.15) is 19.3 Å². The maximum atomic E-state index is 11.9. The normalized spacial score (nSPS) is 13.6. The van der Waals surface area contributed by atoms with Crippen molar-refractivity contribution in [2.75, 3.05) is 13.2 Å². The van der Waals surface area contributed by atoms with Gasteiger partial charge in [-0.25, -0.2) is 0 Å².